The van der Waals surface area contributed by atoms with Gasteiger partial charge in [-0.2, -0.15) is 0 Å². The van der Waals surface area contributed by atoms with Crippen LogP contribution in [0.4, 0.5) is 5.69 Å². The molecule has 3 N–H and O–H groups in total. The number of aliphatic hydroxyl groups is 1. The van der Waals surface area contributed by atoms with Crippen molar-refractivity contribution in [1.82, 2.24) is 0 Å². The van der Waals surface area contributed by atoms with E-state index in [2.05, 4.69) is 21.2 Å². The molecule has 94 valence electrons. The number of aromatic hydroxyl groups is 1. The SMILES string of the molecule is OCC(Nc1ccccc1Br)c1cccc(O)c1. The summed E-state index contributed by atoms with van der Waals surface area (Å²) in [7, 11) is 0. The second kappa shape index (κ2) is 5.89. The van der Waals surface area contributed by atoms with Gasteiger partial charge in [-0.25, -0.2) is 0 Å². The molecule has 1 unspecified atom stereocenters. The smallest absolute Gasteiger partial charge is 0.115 e. The second-order valence-electron chi connectivity index (χ2n) is 3.95. The maximum absolute atomic E-state index is 9.46. The molecule has 0 aliphatic heterocycles. The van der Waals surface area contributed by atoms with Crippen LogP contribution in [0.1, 0.15) is 11.6 Å². The lowest BCUT2D eigenvalue weighted by Crippen LogP contribution is -2.14. The average Bonchev–Trinajstić information content (AvgIpc) is 2.38. The Labute approximate surface area is 114 Å². The minimum Gasteiger partial charge on any atom is -0.508 e. The highest BCUT2D eigenvalue weighted by Gasteiger charge is 2.11. The van der Waals surface area contributed by atoms with Gasteiger partial charge in [-0.15, -0.1) is 0 Å². The lowest BCUT2D eigenvalue weighted by molar-refractivity contribution is 0.276. The molecule has 0 saturated carbocycles. The van der Waals surface area contributed by atoms with E-state index in [9.17, 15) is 10.2 Å². The lowest BCUT2D eigenvalue weighted by atomic mass is 10.1. The van der Waals surface area contributed by atoms with Crippen LogP contribution in [-0.2, 0) is 0 Å². The van der Waals surface area contributed by atoms with E-state index in [-0.39, 0.29) is 18.4 Å². The van der Waals surface area contributed by atoms with Crippen molar-refractivity contribution in [1.29, 1.82) is 0 Å². The van der Waals surface area contributed by atoms with Gasteiger partial charge in [-0.1, -0.05) is 24.3 Å². The molecule has 0 aliphatic rings. The van der Waals surface area contributed by atoms with E-state index in [1.165, 1.54) is 0 Å². The number of aliphatic hydroxyl groups excluding tert-OH is 1. The molecule has 0 spiro atoms. The summed E-state index contributed by atoms with van der Waals surface area (Å²) in [6.07, 6.45) is 0. The van der Waals surface area contributed by atoms with Gasteiger partial charge in [0.25, 0.3) is 0 Å². The zero-order chi connectivity index (χ0) is 13.0. The van der Waals surface area contributed by atoms with Crippen molar-refractivity contribution in [3.05, 3.63) is 58.6 Å². The van der Waals surface area contributed by atoms with Gasteiger partial charge in [-0.05, 0) is 45.8 Å². The number of nitrogens with one attached hydrogen (secondary N) is 1. The summed E-state index contributed by atoms with van der Waals surface area (Å²) in [5.41, 5.74) is 1.74. The van der Waals surface area contributed by atoms with E-state index >= 15 is 0 Å². The van der Waals surface area contributed by atoms with E-state index < -0.39 is 0 Å². The van der Waals surface area contributed by atoms with Gasteiger partial charge < -0.3 is 15.5 Å². The molecule has 0 aliphatic carbocycles. The third kappa shape index (κ3) is 3.03. The van der Waals surface area contributed by atoms with Gasteiger partial charge in [-0.3, -0.25) is 0 Å². The van der Waals surface area contributed by atoms with Gasteiger partial charge in [0.15, 0.2) is 0 Å². The molecule has 0 fully saturated rings. The second-order valence-corrected chi connectivity index (χ2v) is 4.81. The first-order valence-electron chi connectivity index (χ1n) is 5.61. The van der Waals surface area contributed by atoms with Gasteiger partial charge in [0.2, 0.25) is 0 Å². The van der Waals surface area contributed by atoms with E-state index in [1.807, 2.05) is 30.3 Å². The fourth-order valence-corrected chi connectivity index (χ4v) is 2.14. The van der Waals surface area contributed by atoms with Crippen LogP contribution in [0, 0.1) is 0 Å². The van der Waals surface area contributed by atoms with Crippen LogP contribution in [0.3, 0.4) is 0 Å². The Kier molecular flexibility index (Phi) is 4.23. The van der Waals surface area contributed by atoms with Crippen LogP contribution in [-0.4, -0.2) is 16.8 Å². The van der Waals surface area contributed by atoms with Gasteiger partial charge >= 0.3 is 0 Å². The topological polar surface area (TPSA) is 52.5 Å². The normalized spacial score (nSPS) is 12.1. The van der Waals surface area contributed by atoms with E-state index in [4.69, 9.17) is 0 Å². The van der Waals surface area contributed by atoms with Crippen molar-refractivity contribution in [2.24, 2.45) is 0 Å². The lowest BCUT2D eigenvalue weighted by Gasteiger charge is -2.19. The highest BCUT2D eigenvalue weighted by atomic mass is 79.9. The Morgan fingerprint density at radius 1 is 1.11 bits per heavy atom. The molecule has 2 aromatic carbocycles. The number of anilines is 1. The Bertz CT molecular complexity index is 531. The monoisotopic (exact) mass is 307 g/mol. The number of phenols is 1. The molecule has 0 aromatic heterocycles. The summed E-state index contributed by atoms with van der Waals surface area (Å²) in [6.45, 7) is -0.0508. The Morgan fingerprint density at radius 2 is 1.89 bits per heavy atom. The fourth-order valence-electron chi connectivity index (χ4n) is 1.74. The first kappa shape index (κ1) is 12.9. The highest BCUT2D eigenvalue weighted by molar-refractivity contribution is 9.10. The molecule has 4 heteroatoms. The minimum absolute atomic E-state index is 0.0508. The Hall–Kier alpha value is -1.52. The summed E-state index contributed by atoms with van der Waals surface area (Å²) in [6, 6.07) is 14.3. The molecule has 18 heavy (non-hydrogen) atoms. The van der Waals surface area contributed by atoms with Gasteiger partial charge in [0.05, 0.1) is 12.6 Å². The summed E-state index contributed by atoms with van der Waals surface area (Å²) < 4.78 is 0.934. The van der Waals surface area contributed by atoms with E-state index in [0.717, 1.165) is 15.7 Å². The Morgan fingerprint density at radius 3 is 2.56 bits per heavy atom. The number of benzene rings is 2. The van der Waals surface area contributed by atoms with Crippen LogP contribution >= 0.6 is 15.9 Å². The quantitative estimate of drug-likeness (QED) is 0.812. The van der Waals surface area contributed by atoms with Crippen LogP contribution in [0.15, 0.2) is 53.0 Å². The van der Waals surface area contributed by atoms with Crippen molar-refractivity contribution in [3.63, 3.8) is 0 Å². The molecule has 2 rings (SSSR count). The van der Waals surface area contributed by atoms with Crippen LogP contribution in [0.5, 0.6) is 5.75 Å². The van der Waals surface area contributed by atoms with Crippen molar-refractivity contribution < 1.29 is 10.2 Å². The fraction of sp³-hybridized carbons (Fsp3) is 0.143. The van der Waals surface area contributed by atoms with Crippen LogP contribution in [0.2, 0.25) is 0 Å². The maximum atomic E-state index is 9.46. The minimum atomic E-state index is -0.254. The number of phenolic OH excluding ortho intramolecular Hbond substituents is 1. The summed E-state index contributed by atoms with van der Waals surface area (Å²) in [5, 5.41) is 22.2. The third-order valence-corrected chi connectivity index (χ3v) is 3.35. The first-order valence-corrected chi connectivity index (χ1v) is 6.41. The van der Waals surface area contributed by atoms with Crippen LogP contribution < -0.4 is 5.32 Å². The van der Waals surface area contributed by atoms with Crippen molar-refractivity contribution in [2.75, 3.05) is 11.9 Å². The largest absolute Gasteiger partial charge is 0.508 e. The molecule has 0 bridgehead atoms. The average molecular weight is 308 g/mol. The molecule has 3 nitrogen and oxygen atoms in total. The number of rotatable bonds is 4. The predicted octanol–water partition coefficient (Wildman–Crippen LogP) is 3.30. The van der Waals surface area contributed by atoms with Crippen LogP contribution in [0.25, 0.3) is 0 Å². The van der Waals surface area contributed by atoms with Gasteiger partial charge in [0, 0.05) is 10.2 Å². The number of hydrogen-bond donors (Lipinski definition) is 3. The zero-order valence-electron chi connectivity index (χ0n) is 9.68. The molecule has 2 aromatic rings. The summed E-state index contributed by atoms with van der Waals surface area (Å²) in [4.78, 5) is 0. The molecule has 1 atom stereocenters. The maximum Gasteiger partial charge on any atom is 0.115 e. The number of halogens is 1. The third-order valence-electron chi connectivity index (χ3n) is 2.66. The highest BCUT2D eigenvalue weighted by Crippen LogP contribution is 2.27. The predicted molar refractivity (Wildman–Crippen MR) is 75.7 cm³/mol. The number of hydrogen-bond acceptors (Lipinski definition) is 3. The zero-order valence-corrected chi connectivity index (χ0v) is 11.3. The van der Waals surface area contributed by atoms with Crippen molar-refractivity contribution >= 4 is 21.6 Å². The molecule has 0 heterocycles. The summed E-state index contributed by atoms with van der Waals surface area (Å²) >= 11 is 3.45. The summed E-state index contributed by atoms with van der Waals surface area (Å²) in [5.74, 6) is 0.194. The van der Waals surface area contributed by atoms with Crippen molar-refractivity contribution in [2.45, 2.75) is 6.04 Å². The molecular weight excluding hydrogens is 294 g/mol. The Balaban J connectivity index is 2.23. The number of para-hydroxylation sites is 1. The molecular formula is C14H14BrNO2. The van der Waals surface area contributed by atoms with Gasteiger partial charge in [0.1, 0.15) is 5.75 Å². The first-order chi connectivity index (χ1) is 8.70. The van der Waals surface area contributed by atoms with Crippen molar-refractivity contribution in [3.8, 4) is 5.75 Å². The standard InChI is InChI=1S/C14H14BrNO2/c15-12-6-1-2-7-13(12)16-14(9-17)10-4-3-5-11(18)8-10/h1-8,14,16-18H,9H2. The molecule has 0 saturated heterocycles. The van der Waals surface area contributed by atoms with E-state index in [1.54, 1.807) is 18.2 Å². The molecule has 0 amide bonds. The van der Waals surface area contributed by atoms with E-state index in [0.29, 0.717) is 0 Å². The molecule has 0 radical (unpaired) electrons.